The molecule has 0 aliphatic carbocycles. The monoisotopic (exact) mass is 286 g/mol. The van der Waals surface area contributed by atoms with Crippen LogP contribution >= 0.6 is 0 Å². The van der Waals surface area contributed by atoms with Crippen LogP contribution in [0.3, 0.4) is 0 Å². The van der Waals surface area contributed by atoms with Gasteiger partial charge >= 0.3 is 5.97 Å². The highest BCUT2D eigenvalue weighted by Crippen LogP contribution is 2.22. The summed E-state index contributed by atoms with van der Waals surface area (Å²) in [7, 11) is 1.60. The lowest BCUT2D eigenvalue weighted by atomic mass is 9.92. The average molecular weight is 286 g/mol. The zero-order valence-corrected chi connectivity index (χ0v) is 12.4. The second-order valence-corrected chi connectivity index (χ2v) is 5.40. The van der Waals surface area contributed by atoms with Gasteiger partial charge in [-0.3, -0.25) is 14.5 Å². The van der Waals surface area contributed by atoms with Crippen LogP contribution in [-0.2, 0) is 14.3 Å². The van der Waals surface area contributed by atoms with Crippen LogP contribution in [0.1, 0.15) is 32.6 Å². The van der Waals surface area contributed by atoms with Gasteiger partial charge in [0.2, 0.25) is 5.91 Å². The van der Waals surface area contributed by atoms with Crippen LogP contribution in [0.5, 0.6) is 0 Å². The maximum Gasteiger partial charge on any atom is 0.303 e. The number of carboxylic acids is 1. The molecule has 1 amide bonds. The van der Waals surface area contributed by atoms with Gasteiger partial charge in [0, 0.05) is 26.6 Å². The lowest BCUT2D eigenvalue weighted by Gasteiger charge is -2.36. The van der Waals surface area contributed by atoms with E-state index in [1.165, 1.54) is 0 Å². The number of likely N-dealkylation sites (tertiary alicyclic amines) is 1. The van der Waals surface area contributed by atoms with E-state index < -0.39 is 5.97 Å². The Kier molecular flexibility index (Phi) is 7.54. The van der Waals surface area contributed by atoms with Crippen LogP contribution in [0.4, 0.5) is 0 Å². The van der Waals surface area contributed by atoms with E-state index in [2.05, 4.69) is 10.2 Å². The zero-order chi connectivity index (χ0) is 15.0. The van der Waals surface area contributed by atoms with E-state index in [-0.39, 0.29) is 18.4 Å². The van der Waals surface area contributed by atoms with Crippen molar-refractivity contribution in [3.05, 3.63) is 0 Å². The number of ether oxygens (including phenoxy) is 1. The highest BCUT2D eigenvalue weighted by atomic mass is 16.5. The van der Waals surface area contributed by atoms with Gasteiger partial charge in [-0.15, -0.1) is 0 Å². The number of nitrogens with zero attached hydrogens (tertiary/aromatic N) is 1. The topological polar surface area (TPSA) is 78.9 Å². The first kappa shape index (κ1) is 16.9. The standard InChI is InChI=1S/C14H26N2O4/c1-11(14(19)15-7-9-20-2)16-8-3-4-12(10-16)5-6-13(17)18/h11-12H,3-10H2,1-2H3,(H,15,19)(H,17,18). The maximum absolute atomic E-state index is 12.0. The second kappa shape index (κ2) is 8.92. The molecule has 1 heterocycles. The van der Waals surface area contributed by atoms with E-state index in [1.54, 1.807) is 7.11 Å². The highest BCUT2D eigenvalue weighted by Gasteiger charge is 2.27. The van der Waals surface area contributed by atoms with Crippen molar-refractivity contribution >= 4 is 11.9 Å². The number of hydrogen-bond donors (Lipinski definition) is 2. The summed E-state index contributed by atoms with van der Waals surface area (Å²) in [5.41, 5.74) is 0. The van der Waals surface area contributed by atoms with Gasteiger partial charge in [-0.25, -0.2) is 0 Å². The highest BCUT2D eigenvalue weighted by molar-refractivity contribution is 5.81. The molecule has 0 radical (unpaired) electrons. The van der Waals surface area contributed by atoms with Crippen molar-refractivity contribution in [2.75, 3.05) is 33.4 Å². The normalized spacial score (nSPS) is 21.4. The quantitative estimate of drug-likeness (QED) is 0.643. The molecule has 1 fully saturated rings. The molecule has 2 atom stereocenters. The third kappa shape index (κ3) is 5.88. The summed E-state index contributed by atoms with van der Waals surface area (Å²) in [4.78, 5) is 24.8. The molecule has 0 aromatic carbocycles. The van der Waals surface area contributed by atoms with Crippen molar-refractivity contribution in [2.24, 2.45) is 5.92 Å². The Hall–Kier alpha value is -1.14. The summed E-state index contributed by atoms with van der Waals surface area (Å²) in [5, 5.41) is 11.6. The van der Waals surface area contributed by atoms with Gasteiger partial charge in [-0.2, -0.15) is 0 Å². The third-order valence-corrected chi connectivity index (χ3v) is 3.85. The molecule has 1 aliphatic rings. The van der Waals surface area contributed by atoms with Gasteiger partial charge in [-0.05, 0) is 38.6 Å². The Balaban J connectivity index is 2.37. The Bertz CT molecular complexity index is 322. The van der Waals surface area contributed by atoms with E-state index in [1.807, 2.05) is 6.92 Å². The minimum atomic E-state index is -0.743. The largest absolute Gasteiger partial charge is 0.481 e. The van der Waals surface area contributed by atoms with Crippen LogP contribution < -0.4 is 5.32 Å². The first-order chi connectivity index (χ1) is 9.54. The van der Waals surface area contributed by atoms with Crippen LogP contribution in [-0.4, -0.2) is 61.3 Å². The van der Waals surface area contributed by atoms with E-state index in [0.29, 0.717) is 25.5 Å². The Morgan fingerprint density at radius 1 is 1.50 bits per heavy atom. The van der Waals surface area contributed by atoms with Gasteiger partial charge < -0.3 is 15.2 Å². The molecule has 1 saturated heterocycles. The van der Waals surface area contributed by atoms with Crippen molar-refractivity contribution in [1.82, 2.24) is 10.2 Å². The minimum absolute atomic E-state index is 0.0148. The Morgan fingerprint density at radius 3 is 2.90 bits per heavy atom. The number of carboxylic acid groups (broad SMARTS) is 1. The summed E-state index contributed by atoms with van der Waals surface area (Å²) in [6, 6.07) is -0.167. The summed E-state index contributed by atoms with van der Waals surface area (Å²) >= 11 is 0. The number of hydrogen-bond acceptors (Lipinski definition) is 4. The van der Waals surface area contributed by atoms with Crippen LogP contribution in [0, 0.1) is 5.92 Å². The predicted molar refractivity (Wildman–Crippen MR) is 75.5 cm³/mol. The fraction of sp³-hybridized carbons (Fsp3) is 0.857. The van der Waals surface area contributed by atoms with Crippen molar-refractivity contribution in [1.29, 1.82) is 0 Å². The molecule has 2 N–H and O–H groups in total. The van der Waals surface area contributed by atoms with Crippen molar-refractivity contribution in [3.8, 4) is 0 Å². The second-order valence-electron chi connectivity index (χ2n) is 5.40. The van der Waals surface area contributed by atoms with Crippen LogP contribution in [0.15, 0.2) is 0 Å². The molecule has 6 heteroatoms. The lowest BCUT2D eigenvalue weighted by Crippen LogP contribution is -2.49. The third-order valence-electron chi connectivity index (χ3n) is 3.85. The Morgan fingerprint density at radius 2 is 2.25 bits per heavy atom. The summed E-state index contributed by atoms with van der Waals surface area (Å²) in [5.74, 6) is -0.345. The molecule has 20 heavy (non-hydrogen) atoms. The number of amides is 1. The van der Waals surface area contributed by atoms with Crippen molar-refractivity contribution in [2.45, 2.75) is 38.6 Å². The van der Waals surface area contributed by atoms with Crippen LogP contribution in [0.2, 0.25) is 0 Å². The molecular weight excluding hydrogens is 260 g/mol. The number of aliphatic carboxylic acids is 1. The average Bonchev–Trinajstić information content (AvgIpc) is 2.44. The zero-order valence-electron chi connectivity index (χ0n) is 12.4. The lowest BCUT2D eigenvalue weighted by molar-refractivity contribution is -0.137. The first-order valence-electron chi connectivity index (χ1n) is 7.27. The smallest absolute Gasteiger partial charge is 0.303 e. The maximum atomic E-state index is 12.0. The summed E-state index contributed by atoms with van der Waals surface area (Å²) in [6.07, 6.45) is 3.00. The number of methoxy groups -OCH3 is 1. The van der Waals surface area contributed by atoms with Gasteiger partial charge in [0.1, 0.15) is 0 Å². The van der Waals surface area contributed by atoms with E-state index in [9.17, 15) is 9.59 Å². The molecule has 0 aromatic heterocycles. The molecule has 0 aromatic rings. The molecule has 6 nitrogen and oxygen atoms in total. The first-order valence-corrected chi connectivity index (χ1v) is 7.27. The molecule has 0 bridgehead atoms. The number of rotatable bonds is 8. The molecule has 1 rings (SSSR count). The van der Waals surface area contributed by atoms with E-state index in [4.69, 9.17) is 9.84 Å². The molecule has 0 saturated carbocycles. The predicted octanol–water partition coefficient (Wildman–Crippen LogP) is 0.714. The summed E-state index contributed by atoms with van der Waals surface area (Å²) in [6.45, 7) is 4.66. The van der Waals surface area contributed by atoms with Gasteiger partial charge in [0.15, 0.2) is 0 Å². The molecule has 1 aliphatic heterocycles. The number of carbonyl (C=O) groups excluding carboxylic acids is 1. The van der Waals surface area contributed by atoms with Gasteiger partial charge in [0.05, 0.1) is 12.6 Å². The van der Waals surface area contributed by atoms with Gasteiger partial charge in [0.25, 0.3) is 0 Å². The van der Waals surface area contributed by atoms with Gasteiger partial charge in [-0.1, -0.05) is 0 Å². The fourth-order valence-corrected chi connectivity index (χ4v) is 2.60. The fourth-order valence-electron chi connectivity index (χ4n) is 2.60. The minimum Gasteiger partial charge on any atom is -0.481 e. The molecule has 2 unspecified atom stereocenters. The van der Waals surface area contributed by atoms with E-state index in [0.717, 1.165) is 25.9 Å². The Labute approximate surface area is 120 Å². The molecule has 0 spiro atoms. The number of carbonyl (C=O) groups is 2. The number of nitrogens with one attached hydrogen (secondary N) is 1. The number of piperidine rings is 1. The van der Waals surface area contributed by atoms with Crippen LogP contribution in [0.25, 0.3) is 0 Å². The molecule has 116 valence electrons. The van der Waals surface area contributed by atoms with Crippen molar-refractivity contribution < 1.29 is 19.4 Å². The van der Waals surface area contributed by atoms with Crippen molar-refractivity contribution in [3.63, 3.8) is 0 Å². The van der Waals surface area contributed by atoms with E-state index >= 15 is 0 Å². The molecular formula is C14H26N2O4. The summed E-state index contributed by atoms with van der Waals surface area (Å²) < 4.78 is 4.90. The SMILES string of the molecule is COCCNC(=O)C(C)N1CCCC(CCC(=O)O)C1.